The molecule has 1 N–H and O–H groups in total. The Balaban J connectivity index is 1.14. The van der Waals surface area contributed by atoms with Gasteiger partial charge in [-0.3, -0.25) is 9.69 Å². The number of halogens is 1. The van der Waals surface area contributed by atoms with E-state index in [1.165, 1.54) is 30.9 Å². The van der Waals surface area contributed by atoms with Crippen LogP contribution in [0.15, 0.2) is 54.9 Å². The number of aliphatic carboxylic acids is 1. The molecular formula is C30H37FN4O2. The van der Waals surface area contributed by atoms with E-state index in [1.54, 1.807) is 12.3 Å². The van der Waals surface area contributed by atoms with Crippen LogP contribution in [-0.2, 0) is 4.79 Å². The number of piperidine rings is 1. The first-order chi connectivity index (χ1) is 18.0. The lowest BCUT2D eigenvalue weighted by atomic mass is 9.80. The van der Waals surface area contributed by atoms with Crippen molar-refractivity contribution in [3.8, 4) is 0 Å². The second-order valence-electron chi connectivity index (χ2n) is 11.5. The maximum atomic E-state index is 13.9. The Bertz CT molecular complexity index is 1220. The van der Waals surface area contributed by atoms with Gasteiger partial charge in [-0.15, -0.1) is 0 Å². The number of benzene rings is 1. The van der Waals surface area contributed by atoms with Crippen molar-refractivity contribution in [2.45, 2.75) is 56.4 Å². The number of pyridine rings is 1. The van der Waals surface area contributed by atoms with Crippen molar-refractivity contribution in [1.29, 1.82) is 0 Å². The SMILES string of the molecule is O=C(O)[C@@H](CC1CCC1)N1C[C@H](CN2CCC(c3cnc4ccc(F)cn34)CC2)[C@@H](c2ccccc2)C1. The minimum absolute atomic E-state index is 0.237. The Labute approximate surface area is 218 Å². The van der Waals surface area contributed by atoms with Crippen molar-refractivity contribution in [2.24, 2.45) is 11.8 Å². The van der Waals surface area contributed by atoms with E-state index in [1.807, 2.05) is 10.6 Å². The molecule has 6 rings (SSSR count). The van der Waals surface area contributed by atoms with Crippen molar-refractivity contribution < 1.29 is 14.3 Å². The molecule has 1 aliphatic carbocycles. The summed E-state index contributed by atoms with van der Waals surface area (Å²) in [5.74, 6) is 0.805. The molecule has 3 aromatic rings. The highest BCUT2D eigenvalue weighted by Crippen LogP contribution is 2.39. The first-order valence-corrected chi connectivity index (χ1v) is 13.9. The molecule has 37 heavy (non-hydrogen) atoms. The van der Waals surface area contributed by atoms with Gasteiger partial charge in [0.1, 0.15) is 17.5 Å². The lowest BCUT2D eigenvalue weighted by Crippen LogP contribution is -2.43. The molecule has 3 aliphatic rings. The summed E-state index contributed by atoms with van der Waals surface area (Å²) >= 11 is 0. The summed E-state index contributed by atoms with van der Waals surface area (Å²) in [5, 5.41) is 10.1. The van der Waals surface area contributed by atoms with Crippen LogP contribution < -0.4 is 0 Å². The third-order valence-electron chi connectivity index (χ3n) is 9.20. The molecule has 2 aromatic heterocycles. The summed E-state index contributed by atoms with van der Waals surface area (Å²) in [5.41, 5.74) is 3.22. The molecule has 1 aromatic carbocycles. The summed E-state index contributed by atoms with van der Waals surface area (Å²) in [6, 6.07) is 13.5. The van der Waals surface area contributed by atoms with Crippen LogP contribution in [0.1, 0.15) is 61.6 Å². The Morgan fingerprint density at radius 1 is 1.05 bits per heavy atom. The van der Waals surface area contributed by atoms with Crippen molar-refractivity contribution in [1.82, 2.24) is 19.2 Å². The van der Waals surface area contributed by atoms with Gasteiger partial charge in [0.05, 0.1) is 0 Å². The third kappa shape index (κ3) is 5.16. The number of nitrogens with zero attached hydrogens (tertiary/aromatic N) is 4. The predicted molar refractivity (Wildman–Crippen MR) is 141 cm³/mol. The highest BCUT2D eigenvalue weighted by atomic mass is 19.1. The number of likely N-dealkylation sites (tertiary alicyclic amines) is 2. The lowest BCUT2D eigenvalue weighted by Gasteiger charge is -2.35. The molecule has 1 saturated carbocycles. The molecule has 0 bridgehead atoms. The topological polar surface area (TPSA) is 61.1 Å². The van der Waals surface area contributed by atoms with E-state index in [0.29, 0.717) is 23.7 Å². The van der Waals surface area contributed by atoms with Crippen LogP contribution in [0.2, 0.25) is 0 Å². The molecule has 2 saturated heterocycles. The number of hydrogen-bond acceptors (Lipinski definition) is 4. The summed E-state index contributed by atoms with van der Waals surface area (Å²) < 4.78 is 15.8. The van der Waals surface area contributed by atoms with Crippen LogP contribution in [-0.4, -0.2) is 69.0 Å². The fourth-order valence-corrected chi connectivity index (χ4v) is 6.89. The van der Waals surface area contributed by atoms with E-state index < -0.39 is 5.97 Å². The monoisotopic (exact) mass is 504 g/mol. The number of aromatic nitrogens is 2. The highest BCUT2D eigenvalue weighted by molar-refractivity contribution is 5.73. The van der Waals surface area contributed by atoms with Crippen molar-refractivity contribution >= 4 is 11.6 Å². The Hall–Kier alpha value is -2.77. The van der Waals surface area contributed by atoms with Crippen LogP contribution in [0.25, 0.3) is 5.65 Å². The zero-order valence-corrected chi connectivity index (χ0v) is 21.4. The van der Waals surface area contributed by atoms with E-state index >= 15 is 0 Å². The van der Waals surface area contributed by atoms with E-state index in [4.69, 9.17) is 0 Å². The number of carboxylic acid groups (broad SMARTS) is 1. The maximum Gasteiger partial charge on any atom is 0.320 e. The molecule has 4 heterocycles. The van der Waals surface area contributed by atoms with Gasteiger partial charge in [0.15, 0.2) is 0 Å². The largest absolute Gasteiger partial charge is 0.480 e. The molecule has 196 valence electrons. The summed E-state index contributed by atoms with van der Waals surface area (Å²) in [6.07, 6.45) is 9.88. The van der Waals surface area contributed by atoms with Crippen molar-refractivity contribution in [3.05, 3.63) is 71.9 Å². The second kappa shape index (κ2) is 10.5. The van der Waals surface area contributed by atoms with Crippen molar-refractivity contribution in [3.63, 3.8) is 0 Å². The van der Waals surface area contributed by atoms with Gasteiger partial charge in [-0.1, -0.05) is 49.6 Å². The minimum atomic E-state index is -0.662. The van der Waals surface area contributed by atoms with Gasteiger partial charge in [0.25, 0.3) is 0 Å². The second-order valence-corrected chi connectivity index (χ2v) is 11.5. The van der Waals surface area contributed by atoms with Gasteiger partial charge in [-0.2, -0.15) is 0 Å². The fraction of sp³-hybridized carbons (Fsp3) is 0.533. The van der Waals surface area contributed by atoms with E-state index in [-0.39, 0.29) is 11.9 Å². The molecule has 2 aliphatic heterocycles. The number of carbonyl (C=O) groups is 1. The van der Waals surface area contributed by atoms with E-state index in [0.717, 1.165) is 63.3 Å². The summed E-state index contributed by atoms with van der Waals surface area (Å²) in [4.78, 5) is 21.6. The molecule has 7 heteroatoms. The van der Waals surface area contributed by atoms with E-state index in [2.05, 4.69) is 45.1 Å². The van der Waals surface area contributed by atoms with Crippen molar-refractivity contribution in [2.75, 3.05) is 32.7 Å². The number of imidazole rings is 1. The minimum Gasteiger partial charge on any atom is -0.480 e. The zero-order valence-electron chi connectivity index (χ0n) is 21.4. The normalized spacial score (nSPS) is 24.9. The Morgan fingerprint density at radius 2 is 1.84 bits per heavy atom. The zero-order chi connectivity index (χ0) is 25.4. The lowest BCUT2D eigenvalue weighted by molar-refractivity contribution is -0.144. The van der Waals surface area contributed by atoms with Gasteiger partial charge >= 0.3 is 5.97 Å². The first kappa shape index (κ1) is 24.6. The standard InChI is InChI=1S/C30H37FN4O2/c31-25-9-10-29-32-16-28(35(29)19-25)23-11-13-33(14-12-23)17-24-18-34(20-26(24)22-7-2-1-3-8-22)27(30(36)37)15-21-5-4-6-21/h1-3,7-10,16,19,21,23-24,26-27H,4-6,11-15,17-18,20H2,(H,36,37)/t24-,26+,27+/m0/s1. The van der Waals surface area contributed by atoms with Gasteiger partial charge < -0.3 is 14.4 Å². The fourth-order valence-electron chi connectivity index (χ4n) is 6.89. The molecule has 0 unspecified atom stereocenters. The summed E-state index contributed by atoms with van der Waals surface area (Å²) in [6.45, 7) is 4.64. The number of hydrogen-bond donors (Lipinski definition) is 1. The average molecular weight is 505 g/mol. The quantitative estimate of drug-likeness (QED) is 0.467. The first-order valence-electron chi connectivity index (χ1n) is 13.9. The number of fused-ring (bicyclic) bond motifs is 1. The molecule has 3 atom stereocenters. The van der Waals surface area contributed by atoms with Crippen LogP contribution in [0.3, 0.4) is 0 Å². The van der Waals surface area contributed by atoms with E-state index in [9.17, 15) is 14.3 Å². The smallest absolute Gasteiger partial charge is 0.320 e. The molecule has 6 nitrogen and oxygen atoms in total. The molecular weight excluding hydrogens is 467 g/mol. The van der Waals surface area contributed by atoms with Crippen LogP contribution in [0.5, 0.6) is 0 Å². The highest BCUT2D eigenvalue weighted by Gasteiger charge is 2.41. The van der Waals surface area contributed by atoms with Crippen LogP contribution in [0, 0.1) is 17.7 Å². The number of rotatable bonds is 8. The van der Waals surface area contributed by atoms with Gasteiger partial charge in [0.2, 0.25) is 0 Å². The Morgan fingerprint density at radius 3 is 2.54 bits per heavy atom. The van der Waals surface area contributed by atoms with Gasteiger partial charge in [0, 0.05) is 49.6 Å². The number of carboxylic acids is 1. The average Bonchev–Trinajstić information content (AvgIpc) is 3.48. The van der Waals surface area contributed by atoms with Gasteiger partial charge in [-0.05, 0) is 61.9 Å². The molecule has 0 radical (unpaired) electrons. The maximum absolute atomic E-state index is 13.9. The molecule has 0 spiro atoms. The summed E-state index contributed by atoms with van der Waals surface area (Å²) in [7, 11) is 0. The molecule has 0 amide bonds. The van der Waals surface area contributed by atoms with Gasteiger partial charge in [-0.25, -0.2) is 9.37 Å². The van der Waals surface area contributed by atoms with Crippen LogP contribution in [0.4, 0.5) is 4.39 Å². The predicted octanol–water partition coefficient (Wildman–Crippen LogP) is 5.01. The third-order valence-corrected chi connectivity index (χ3v) is 9.20. The molecule has 3 fully saturated rings. The van der Waals surface area contributed by atoms with Crippen LogP contribution >= 0.6 is 0 Å². The Kier molecular flexibility index (Phi) is 7.00.